The van der Waals surface area contributed by atoms with Gasteiger partial charge in [0.2, 0.25) is 11.8 Å². The summed E-state index contributed by atoms with van der Waals surface area (Å²) in [4.78, 5) is 72.7. The molecule has 2 saturated heterocycles. The molecule has 4 heterocycles. The number of aromatic amines is 2. The van der Waals surface area contributed by atoms with Crippen LogP contribution >= 0.6 is 11.6 Å². The Bertz CT molecular complexity index is 2390. The Labute approximate surface area is 360 Å². The number of benzene rings is 2. The fourth-order valence-corrected chi connectivity index (χ4v) is 9.45. The van der Waals surface area contributed by atoms with Crippen LogP contribution in [0.3, 0.4) is 0 Å². The number of amides is 4. The number of halogens is 1. The number of H-pyrrole nitrogens is 2. The van der Waals surface area contributed by atoms with Crippen LogP contribution < -0.4 is 10.6 Å². The molecule has 0 unspecified atom stereocenters. The second kappa shape index (κ2) is 16.9. The first-order chi connectivity index (χ1) is 29.3. The number of carbonyl (C=O) groups excluding carboxylic acids is 4. The molecule has 320 valence electrons. The van der Waals surface area contributed by atoms with Crippen LogP contribution in [0.25, 0.3) is 39.7 Å². The zero-order valence-corrected chi connectivity index (χ0v) is 36.1. The SMILES string of the molecule is C=C[C@@H]1C[C@@H](c2nc3c([nH]2)C=CCc2cc(-c4ccc(-c5nc([C@@H]6C[C@H]7C[C@H]7N6C(=O)[C@@H](NC(=O)OC)C(C)C)[nH]c5Cl)cc4)ccc2-3)N(C(=O)[C@@H](NC(=O)OC)C(C)C)C1. The van der Waals surface area contributed by atoms with Gasteiger partial charge in [0, 0.05) is 23.7 Å². The predicted octanol–water partition coefficient (Wildman–Crippen LogP) is 7.86. The third kappa shape index (κ3) is 8.05. The predicted molar refractivity (Wildman–Crippen MR) is 232 cm³/mol. The Morgan fingerprint density at radius 1 is 0.820 bits per heavy atom. The first-order valence-electron chi connectivity index (χ1n) is 21.0. The summed E-state index contributed by atoms with van der Waals surface area (Å²) in [6.45, 7) is 12.1. The maximum Gasteiger partial charge on any atom is 0.407 e. The van der Waals surface area contributed by atoms with Crippen molar-refractivity contribution in [3.63, 3.8) is 0 Å². The Hall–Kier alpha value is -5.89. The van der Waals surface area contributed by atoms with Crippen LogP contribution in [0, 0.1) is 23.7 Å². The average molecular weight is 849 g/mol. The largest absolute Gasteiger partial charge is 0.453 e. The van der Waals surface area contributed by atoms with Gasteiger partial charge in [0.1, 0.15) is 34.6 Å². The summed E-state index contributed by atoms with van der Waals surface area (Å²) in [5.74, 6) is 1.18. The number of methoxy groups -OCH3 is 2. The molecule has 15 heteroatoms. The number of allylic oxidation sites excluding steroid dienone is 1. The average Bonchev–Trinajstić information content (AvgIpc) is 3.58. The minimum Gasteiger partial charge on any atom is -0.453 e. The smallest absolute Gasteiger partial charge is 0.407 e. The monoisotopic (exact) mass is 848 g/mol. The molecule has 14 nitrogen and oxygen atoms in total. The summed E-state index contributed by atoms with van der Waals surface area (Å²) < 4.78 is 9.62. The van der Waals surface area contributed by atoms with Gasteiger partial charge < -0.3 is 39.9 Å². The van der Waals surface area contributed by atoms with Gasteiger partial charge in [0.05, 0.1) is 37.7 Å². The lowest BCUT2D eigenvalue weighted by molar-refractivity contribution is -0.137. The fraction of sp³-hybridized carbons (Fsp3) is 0.435. The van der Waals surface area contributed by atoms with Gasteiger partial charge in [-0.2, -0.15) is 0 Å². The number of hydrogen-bond donors (Lipinski definition) is 4. The standard InChI is InChI=1S/C46H53ClN8O6/c1-8-25-18-34(54(22-25)43(56)36(23(2)3)51-45(58)60-6)41-48-32-11-9-10-29-19-28(16-17-31(29)39(32)50-41)26-12-14-27(15-13-26)38-40(47)53-42(49-38)35-21-30-20-33(30)55(35)44(57)37(24(4)5)52-46(59)61-7/h8-9,11-17,19,23-25,30,33-37H,1,10,18,20-22H2,2-7H3,(H,48,50)(H,49,53)(H,51,58)(H,52,59)/t25-,30-,33-,34+,35+,36+,37+/m1/s1. The van der Waals surface area contributed by atoms with E-state index in [0.29, 0.717) is 47.8 Å². The van der Waals surface area contributed by atoms with E-state index < -0.39 is 24.3 Å². The zero-order chi connectivity index (χ0) is 43.3. The van der Waals surface area contributed by atoms with Crippen LogP contribution in [-0.4, -0.2) is 92.6 Å². The highest BCUT2D eigenvalue weighted by atomic mass is 35.5. The molecule has 4 N–H and O–H groups in total. The quantitative estimate of drug-likeness (QED) is 0.110. The molecular weight excluding hydrogens is 796 g/mol. The van der Waals surface area contributed by atoms with E-state index in [-0.39, 0.29) is 47.7 Å². The minimum absolute atomic E-state index is 0.0762. The first kappa shape index (κ1) is 41.8. The third-order valence-corrected chi connectivity index (χ3v) is 12.9. The molecule has 0 spiro atoms. The lowest BCUT2D eigenvalue weighted by Crippen LogP contribution is -2.52. The normalized spacial score (nSPS) is 22.2. The van der Waals surface area contributed by atoms with Gasteiger partial charge in [0.15, 0.2) is 0 Å². The molecule has 2 aromatic carbocycles. The zero-order valence-electron chi connectivity index (χ0n) is 35.3. The Morgan fingerprint density at radius 2 is 1.44 bits per heavy atom. The van der Waals surface area contributed by atoms with E-state index in [1.165, 1.54) is 14.2 Å². The summed E-state index contributed by atoms with van der Waals surface area (Å²) in [6.07, 6.45) is 7.86. The Kier molecular flexibility index (Phi) is 11.6. The molecule has 8 rings (SSSR count). The van der Waals surface area contributed by atoms with Gasteiger partial charge in [-0.1, -0.05) is 93.9 Å². The van der Waals surface area contributed by atoms with Crippen LogP contribution in [-0.2, 0) is 25.5 Å². The molecule has 2 aromatic heterocycles. The number of fused-ring (bicyclic) bond motifs is 4. The summed E-state index contributed by atoms with van der Waals surface area (Å²) in [6, 6.07) is 12.6. The molecule has 0 bridgehead atoms. The number of hydrogen-bond acceptors (Lipinski definition) is 8. The summed E-state index contributed by atoms with van der Waals surface area (Å²) >= 11 is 6.80. The van der Waals surface area contributed by atoms with Gasteiger partial charge in [0.25, 0.3) is 0 Å². The molecule has 7 atom stereocenters. The van der Waals surface area contributed by atoms with Crippen molar-refractivity contribution in [3.05, 3.63) is 89.3 Å². The number of aromatic nitrogens is 4. The molecule has 61 heavy (non-hydrogen) atoms. The molecule has 4 aromatic rings. The van der Waals surface area contributed by atoms with E-state index in [2.05, 4.69) is 69.7 Å². The van der Waals surface area contributed by atoms with Gasteiger partial charge in [-0.05, 0) is 72.1 Å². The first-order valence-corrected chi connectivity index (χ1v) is 21.4. The molecule has 4 aliphatic rings. The molecule has 3 fully saturated rings. The highest BCUT2D eigenvalue weighted by molar-refractivity contribution is 6.32. The van der Waals surface area contributed by atoms with Crippen molar-refractivity contribution in [2.45, 2.75) is 83.6 Å². The topological polar surface area (TPSA) is 175 Å². The van der Waals surface area contributed by atoms with E-state index in [0.717, 1.165) is 52.0 Å². The van der Waals surface area contributed by atoms with E-state index in [1.54, 1.807) is 0 Å². The van der Waals surface area contributed by atoms with Crippen LogP contribution in [0.2, 0.25) is 5.15 Å². The van der Waals surface area contributed by atoms with Crippen LogP contribution in [0.15, 0.2) is 61.2 Å². The molecule has 2 aliphatic heterocycles. The lowest BCUT2D eigenvalue weighted by atomic mass is 9.95. The number of piperidine rings is 1. The van der Waals surface area contributed by atoms with Crippen molar-refractivity contribution in [2.75, 3.05) is 20.8 Å². The Morgan fingerprint density at radius 3 is 2.10 bits per heavy atom. The number of nitrogens with zero attached hydrogens (tertiary/aromatic N) is 4. The molecule has 2 aliphatic carbocycles. The number of nitrogens with one attached hydrogen (secondary N) is 4. The summed E-state index contributed by atoms with van der Waals surface area (Å²) in [5.41, 5.74) is 7.36. The van der Waals surface area contributed by atoms with Crippen LogP contribution in [0.1, 0.15) is 81.9 Å². The van der Waals surface area contributed by atoms with Crippen molar-refractivity contribution in [2.24, 2.45) is 23.7 Å². The number of carbonyl (C=O) groups is 4. The number of imidazole rings is 2. The maximum atomic E-state index is 14.0. The molecule has 4 amide bonds. The maximum absolute atomic E-state index is 14.0. The lowest BCUT2D eigenvalue weighted by Gasteiger charge is -2.31. The molecule has 0 radical (unpaired) electrons. The van der Waals surface area contributed by atoms with Gasteiger partial charge in [-0.25, -0.2) is 19.6 Å². The number of ether oxygens (including phenoxy) is 2. The molecule has 1 saturated carbocycles. The third-order valence-electron chi connectivity index (χ3n) is 12.6. The van der Waals surface area contributed by atoms with Crippen molar-refractivity contribution in [1.29, 1.82) is 0 Å². The van der Waals surface area contributed by atoms with E-state index in [4.69, 9.17) is 31.0 Å². The minimum atomic E-state index is -0.749. The Balaban J connectivity index is 1.01. The van der Waals surface area contributed by atoms with Gasteiger partial charge in [-0.3, -0.25) is 9.59 Å². The van der Waals surface area contributed by atoms with Gasteiger partial charge in [-0.15, -0.1) is 6.58 Å². The number of likely N-dealkylation sites (tertiary alicyclic amines) is 2. The highest BCUT2D eigenvalue weighted by Crippen LogP contribution is 2.54. The number of alkyl carbamates (subject to hydrolysis) is 2. The summed E-state index contributed by atoms with van der Waals surface area (Å²) in [7, 11) is 2.58. The number of rotatable bonds is 11. The highest BCUT2D eigenvalue weighted by Gasteiger charge is 2.56. The molecular formula is C46H53ClN8O6. The van der Waals surface area contributed by atoms with Crippen molar-refractivity contribution in [1.82, 2.24) is 40.4 Å². The second-order valence-corrected chi connectivity index (χ2v) is 17.6. The summed E-state index contributed by atoms with van der Waals surface area (Å²) in [5, 5.41) is 5.85. The van der Waals surface area contributed by atoms with Gasteiger partial charge >= 0.3 is 12.2 Å². The second-order valence-electron chi connectivity index (χ2n) is 17.2. The fourth-order valence-electron chi connectivity index (χ4n) is 9.20. The van der Waals surface area contributed by atoms with Crippen molar-refractivity contribution < 1.29 is 28.7 Å². The van der Waals surface area contributed by atoms with Crippen LogP contribution in [0.4, 0.5) is 9.59 Å². The van der Waals surface area contributed by atoms with Crippen molar-refractivity contribution >= 4 is 41.7 Å². The van der Waals surface area contributed by atoms with E-state index in [9.17, 15) is 19.2 Å². The van der Waals surface area contributed by atoms with E-state index >= 15 is 0 Å². The van der Waals surface area contributed by atoms with Crippen LogP contribution in [0.5, 0.6) is 0 Å². The van der Waals surface area contributed by atoms with E-state index in [1.807, 2.05) is 55.7 Å². The van der Waals surface area contributed by atoms with Crippen molar-refractivity contribution in [3.8, 4) is 33.6 Å².